The van der Waals surface area contributed by atoms with Gasteiger partial charge in [-0.05, 0) is 25.3 Å². The van der Waals surface area contributed by atoms with E-state index < -0.39 is 5.97 Å². The van der Waals surface area contributed by atoms with Gasteiger partial charge < -0.3 is 14.6 Å². The Hall–Kier alpha value is -0.650. The largest absolute Gasteiger partial charge is 0.480 e. The maximum Gasteiger partial charge on any atom is 0.321 e. The summed E-state index contributed by atoms with van der Waals surface area (Å²) in [5.41, 5.74) is 0. The monoisotopic (exact) mass is 245 g/mol. The molecule has 1 N–H and O–H groups in total. The van der Waals surface area contributed by atoms with Crippen molar-refractivity contribution in [3.8, 4) is 0 Å². The van der Waals surface area contributed by atoms with Gasteiger partial charge in [-0.1, -0.05) is 6.92 Å². The van der Waals surface area contributed by atoms with Crippen LogP contribution in [0.5, 0.6) is 0 Å². The van der Waals surface area contributed by atoms with Gasteiger partial charge in [-0.25, -0.2) is 0 Å². The van der Waals surface area contributed by atoms with Gasteiger partial charge >= 0.3 is 5.97 Å². The van der Waals surface area contributed by atoms with E-state index in [2.05, 4.69) is 0 Å². The van der Waals surface area contributed by atoms with Gasteiger partial charge in [-0.15, -0.1) is 0 Å². The van der Waals surface area contributed by atoms with Crippen molar-refractivity contribution in [1.82, 2.24) is 4.90 Å². The van der Waals surface area contributed by atoms with Crippen LogP contribution in [0.3, 0.4) is 0 Å². The molecule has 0 aromatic carbocycles. The number of carboxylic acid groups (broad SMARTS) is 1. The van der Waals surface area contributed by atoms with Crippen molar-refractivity contribution in [3.63, 3.8) is 0 Å². The molecule has 0 saturated carbocycles. The fourth-order valence-corrected chi connectivity index (χ4v) is 2.29. The zero-order valence-electron chi connectivity index (χ0n) is 10.7. The van der Waals surface area contributed by atoms with Gasteiger partial charge in [0.15, 0.2) is 0 Å². The van der Waals surface area contributed by atoms with E-state index in [1.807, 2.05) is 11.8 Å². The molecule has 0 aromatic rings. The Balaban J connectivity index is 2.16. The average molecular weight is 245 g/mol. The first-order valence-electron chi connectivity index (χ1n) is 6.20. The lowest BCUT2D eigenvalue weighted by Gasteiger charge is -2.22. The summed E-state index contributed by atoms with van der Waals surface area (Å²) in [4.78, 5) is 13.2. The van der Waals surface area contributed by atoms with Crippen molar-refractivity contribution < 1.29 is 19.4 Å². The summed E-state index contributed by atoms with van der Waals surface area (Å²) in [6.45, 7) is 5.58. The smallest absolute Gasteiger partial charge is 0.321 e. The highest BCUT2D eigenvalue weighted by Gasteiger charge is 2.35. The van der Waals surface area contributed by atoms with Gasteiger partial charge in [-0.3, -0.25) is 9.69 Å². The summed E-state index contributed by atoms with van der Waals surface area (Å²) >= 11 is 0. The van der Waals surface area contributed by atoms with Crippen LogP contribution >= 0.6 is 0 Å². The van der Waals surface area contributed by atoms with Crippen LogP contribution in [0.25, 0.3) is 0 Å². The molecule has 0 aromatic heterocycles. The molecule has 0 amide bonds. The second kappa shape index (κ2) is 7.63. The number of rotatable bonds is 8. The summed E-state index contributed by atoms with van der Waals surface area (Å²) in [6, 6.07) is -0.311. The van der Waals surface area contributed by atoms with Crippen molar-refractivity contribution in [2.75, 3.05) is 40.0 Å². The number of nitrogens with zero attached hydrogens (tertiary/aromatic N) is 1. The summed E-state index contributed by atoms with van der Waals surface area (Å²) in [5.74, 6) is -0.447. The molecule has 5 nitrogen and oxygen atoms in total. The van der Waals surface area contributed by atoms with Crippen LogP contribution in [0.15, 0.2) is 0 Å². The third-order valence-electron chi connectivity index (χ3n) is 3.22. The second-order valence-corrected chi connectivity index (χ2v) is 4.54. The van der Waals surface area contributed by atoms with Crippen LogP contribution in [0, 0.1) is 5.92 Å². The maximum absolute atomic E-state index is 11.1. The first kappa shape index (κ1) is 14.4. The Kier molecular flexibility index (Phi) is 6.47. The van der Waals surface area contributed by atoms with Crippen LogP contribution in [-0.4, -0.2) is 62.0 Å². The third-order valence-corrected chi connectivity index (χ3v) is 3.22. The molecule has 1 aliphatic heterocycles. The van der Waals surface area contributed by atoms with Crippen LogP contribution < -0.4 is 0 Å². The molecule has 1 heterocycles. The van der Waals surface area contributed by atoms with Gasteiger partial charge in [-0.2, -0.15) is 0 Å². The Morgan fingerprint density at radius 1 is 1.41 bits per heavy atom. The van der Waals surface area contributed by atoms with E-state index in [1.54, 1.807) is 7.11 Å². The number of ether oxygens (including phenoxy) is 2. The lowest BCUT2D eigenvalue weighted by atomic mass is 10.0. The zero-order chi connectivity index (χ0) is 12.7. The molecular formula is C12H23NO4. The predicted octanol–water partition coefficient (Wildman–Crippen LogP) is 0.835. The standard InChI is InChI=1S/C12H23NO4/c1-10-4-6-13(11(10)12(14)15)5-3-7-17-9-8-16-2/h10-11H,3-9H2,1-2H3,(H,14,15). The van der Waals surface area contributed by atoms with Gasteiger partial charge in [0, 0.05) is 20.3 Å². The van der Waals surface area contributed by atoms with Gasteiger partial charge in [0.05, 0.1) is 13.2 Å². The number of likely N-dealkylation sites (tertiary alicyclic amines) is 1. The first-order valence-corrected chi connectivity index (χ1v) is 6.20. The molecule has 5 heteroatoms. The van der Waals surface area contributed by atoms with Crippen molar-refractivity contribution in [2.24, 2.45) is 5.92 Å². The first-order chi connectivity index (χ1) is 8.16. The topological polar surface area (TPSA) is 59.0 Å². The molecule has 2 atom stereocenters. The number of methoxy groups -OCH3 is 1. The highest BCUT2D eigenvalue weighted by atomic mass is 16.5. The molecule has 2 unspecified atom stereocenters. The van der Waals surface area contributed by atoms with Gasteiger partial charge in [0.2, 0.25) is 0 Å². The minimum atomic E-state index is -0.699. The van der Waals surface area contributed by atoms with E-state index in [9.17, 15) is 4.79 Å². The molecule has 1 rings (SSSR count). The number of carboxylic acids is 1. The number of hydrogen-bond donors (Lipinski definition) is 1. The maximum atomic E-state index is 11.1. The van der Waals surface area contributed by atoms with Crippen LogP contribution in [0.2, 0.25) is 0 Å². The summed E-state index contributed by atoms with van der Waals surface area (Å²) in [7, 11) is 1.65. The van der Waals surface area contributed by atoms with Crippen LogP contribution in [-0.2, 0) is 14.3 Å². The summed E-state index contributed by atoms with van der Waals surface area (Å²) < 4.78 is 10.2. The Morgan fingerprint density at radius 3 is 2.82 bits per heavy atom. The minimum absolute atomic E-state index is 0.252. The van der Waals surface area contributed by atoms with Gasteiger partial charge in [0.1, 0.15) is 6.04 Å². The molecule has 0 spiro atoms. The fraction of sp³-hybridized carbons (Fsp3) is 0.917. The van der Waals surface area contributed by atoms with Crippen molar-refractivity contribution in [1.29, 1.82) is 0 Å². The zero-order valence-corrected chi connectivity index (χ0v) is 10.7. The molecule has 17 heavy (non-hydrogen) atoms. The highest BCUT2D eigenvalue weighted by molar-refractivity contribution is 5.74. The number of aliphatic carboxylic acids is 1. The van der Waals surface area contributed by atoms with E-state index in [1.165, 1.54) is 0 Å². The van der Waals surface area contributed by atoms with Crippen LogP contribution in [0.4, 0.5) is 0 Å². The van der Waals surface area contributed by atoms with Crippen LogP contribution in [0.1, 0.15) is 19.8 Å². The average Bonchev–Trinajstić information content (AvgIpc) is 2.65. The molecule has 1 fully saturated rings. The lowest BCUT2D eigenvalue weighted by Crippen LogP contribution is -2.39. The molecule has 100 valence electrons. The summed E-state index contributed by atoms with van der Waals surface area (Å²) in [5, 5.41) is 9.14. The van der Waals surface area contributed by atoms with E-state index in [0.29, 0.717) is 19.8 Å². The third kappa shape index (κ3) is 4.61. The highest BCUT2D eigenvalue weighted by Crippen LogP contribution is 2.23. The Morgan fingerprint density at radius 2 is 2.18 bits per heavy atom. The molecule has 0 bridgehead atoms. The lowest BCUT2D eigenvalue weighted by molar-refractivity contribution is -0.143. The Labute approximate surface area is 103 Å². The Bertz CT molecular complexity index is 235. The van der Waals surface area contributed by atoms with Crippen molar-refractivity contribution >= 4 is 5.97 Å². The predicted molar refractivity (Wildman–Crippen MR) is 64.1 cm³/mol. The molecule has 0 aliphatic carbocycles. The van der Waals surface area contributed by atoms with E-state index in [4.69, 9.17) is 14.6 Å². The fourth-order valence-electron chi connectivity index (χ4n) is 2.29. The van der Waals surface area contributed by atoms with E-state index in [0.717, 1.165) is 25.9 Å². The molecule has 1 saturated heterocycles. The SMILES string of the molecule is COCCOCCCN1CCC(C)C1C(=O)O. The second-order valence-electron chi connectivity index (χ2n) is 4.54. The number of carbonyl (C=O) groups is 1. The van der Waals surface area contributed by atoms with E-state index in [-0.39, 0.29) is 12.0 Å². The van der Waals surface area contributed by atoms with Crippen molar-refractivity contribution in [3.05, 3.63) is 0 Å². The molecule has 0 radical (unpaired) electrons. The molecule has 1 aliphatic rings. The van der Waals surface area contributed by atoms with E-state index >= 15 is 0 Å². The quantitative estimate of drug-likeness (QED) is 0.642. The molecular weight excluding hydrogens is 222 g/mol. The van der Waals surface area contributed by atoms with Gasteiger partial charge in [0.25, 0.3) is 0 Å². The minimum Gasteiger partial charge on any atom is -0.480 e. The van der Waals surface area contributed by atoms with Crippen molar-refractivity contribution in [2.45, 2.75) is 25.8 Å². The summed E-state index contributed by atoms with van der Waals surface area (Å²) in [6.07, 6.45) is 1.85. The normalized spacial score (nSPS) is 25.3. The number of hydrogen-bond acceptors (Lipinski definition) is 4.